The Morgan fingerprint density at radius 1 is 1.14 bits per heavy atom. The van der Waals surface area contributed by atoms with Crippen LogP contribution in [0.2, 0.25) is 0 Å². The summed E-state index contributed by atoms with van der Waals surface area (Å²) in [4.78, 5) is 4.58. The molecule has 21 heavy (non-hydrogen) atoms. The molecule has 1 aliphatic rings. The van der Waals surface area contributed by atoms with E-state index in [1.54, 1.807) is 0 Å². The van der Waals surface area contributed by atoms with Crippen molar-refractivity contribution < 1.29 is 4.74 Å². The monoisotopic (exact) mass is 282 g/mol. The summed E-state index contributed by atoms with van der Waals surface area (Å²) in [5.41, 5.74) is 2.24. The smallest absolute Gasteiger partial charge is 0.219 e. The van der Waals surface area contributed by atoms with Crippen LogP contribution in [0, 0.1) is 0 Å². The number of para-hydroxylation sites is 1. The van der Waals surface area contributed by atoms with E-state index in [1.807, 2.05) is 36.4 Å². The van der Waals surface area contributed by atoms with Gasteiger partial charge in [0, 0.05) is 18.7 Å². The molecule has 110 valence electrons. The molecule has 0 amide bonds. The minimum Gasteiger partial charge on any atom is -0.439 e. The maximum absolute atomic E-state index is 6.00. The van der Waals surface area contributed by atoms with E-state index < -0.39 is 0 Å². The lowest BCUT2D eigenvalue weighted by molar-refractivity contribution is 0.451. The second-order valence-electron chi connectivity index (χ2n) is 5.92. The van der Waals surface area contributed by atoms with Gasteiger partial charge in [0.15, 0.2) is 0 Å². The number of hydrogen-bond donors (Lipinski definition) is 1. The molecule has 1 fully saturated rings. The molecule has 1 heterocycles. The number of nitrogens with zero attached hydrogens (tertiary/aromatic N) is 1. The molecule has 1 aliphatic carbocycles. The molecule has 0 unspecified atom stereocenters. The van der Waals surface area contributed by atoms with E-state index in [4.69, 9.17) is 4.74 Å². The van der Waals surface area contributed by atoms with E-state index in [9.17, 15) is 0 Å². The predicted molar refractivity (Wildman–Crippen MR) is 84.7 cm³/mol. The van der Waals surface area contributed by atoms with Crippen molar-refractivity contribution in [3.05, 3.63) is 53.7 Å². The molecule has 3 heteroatoms. The summed E-state index contributed by atoms with van der Waals surface area (Å²) in [5, 5.41) is 3.48. The largest absolute Gasteiger partial charge is 0.439 e. The maximum Gasteiger partial charge on any atom is 0.219 e. The molecule has 2 aromatic rings. The number of aromatic nitrogens is 1. The molecule has 1 saturated carbocycles. The highest BCUT2D eigenvalue weighted by molar-refractivity contribution is 5.38. The van der Waals surface area contributed by atoms with E-state index in [0.29, 0.717) is 17.8 Å². The third-order valence-corrected chi connectivity index (χ3v) is 3.69. The van der Waals surface area contributed by atoms with Crippen molar-refractivity contribution in [1.29, 1.82) is 0 Å². The lowest BCUT2D eigenvalue weighted by Gasteiger charge is -2.13. The summed E-state index contributed by atoms with van der Waals surface area (Å²) < 4.78 is 6.00. The fourth-order valence-corrected chi connectivity index (χ4v) is 2.31. The first-order valence-corrected chi connectivity index (χ1v) is 7.68. The SMILES string of the molecule is CC(C)c1ccccc1Oc1cccc(CNC2CC2)n1. The van der Waals surface area contributed by atoms with Crippen molar-refractivity contribution in [1.82, 2.24) is 10.3 Å². The molecule has 0 aliphatic heterocycles. The van der Waals surface area contributed by atoms with Crippen LogP contribution in [0.4, 0.5) is 0 Å². The van der Waals surface area contributed by atoms with Gasteiger partial charge in [-0.3, -0.25) is 0 Å². The summed E-state index contributed by atoms with van der Waals surface area (Å²) >= 11 is 0. The van der Waals surface area contributed by atoms with Gasteiger partial charge in [-0.25, -0.2) is 4.98 Å². The van der Waals surface area contributed by atoms with Crippen molar-refractivity contribution in [3.63, 3.8) is 0 Å². The van der Waals surface area contributed by atoms with Crippen LogP contribution in [-0.2, 0) is 6.54 Å². The summed E-state index contributed by atoms with van der Waals surface area (Å²) in [7, 11) is 0. The van der Waals surface area contributed by atoms with Crippen LogP contribution in [0.1, 0.15) is 43.9 Å². The van der Waals surface area contributed by atoms with Crippen molar-refractivity contribution in [2.45, 2.75) is 45.2 Å². The molecule has 1 N–H and O–H groups in total. The lowest BCUT2D eigenvalue weighted by atomic mass is 10.0. The second-order valence-corrected chi connectivity index (χ2v) is 5.92. The van der Waals surface area contributed by atoms with Crippen molar-refractivity contribution >= 4 is 0 Å². The van der Waals surface area contributed by atoms with Crippen molar-refractivity contribution in [2.75, 3.05) is 0 Å². The van der Waals surface area contributed by atoms with Gasteiger partial charge in [0.2, 0.25) is 5.88 Å². The normalized spacial score (nSPS) is 14.4. The molecular formula is C18H22N2O. The molecule has 0 spiro atoms. The minimum atomic E-state index is 0.431. The Bertz CT molecular complexity index is 606. The van der Waals surface area contributed by atoms with Gasteiger partial charge >= 0.3 is 0 Å². The van der Waals surface area contributed by atoms with Crippen LogP contribution >= 0.6 is 0 Å². The third kappa shape index (κ3) is 3.82. The molecule has 0 atom stereocenters. The van der Waals surface area contributed by atoms with Crippen LogP contribution in [0.3, 0.4) is 0 Å². The summed E-state index contributed by atoms with van der Waals surface area (Å²) in [6.07, 6.45) is 2.58. The van der Waals surface area contributed by atoms with Crippen molar-refractivity contribution in [2.24, 2.45) is 0 Å². The molecule has 3 rings (SSSR count). The fraction of sp³-hybridized carbons (Fsp3) is 0.389. The number of nitrogens with one attached hydrogen (secondary N) is 1. The van der Waals surface area contributed by atoms with Crippen LogP contribution in [-0.4, -0.2) is 11.0 Å². The molecule has 0 radical (unpaired) electrons. The number of pyridine rings is 1. The van der Waals surface area contributed by atoms with E-state index in [-0.39, 0.29) is 0 Å². The van der Waals surface area contributed by atoms with Crippen LogP contribution < -0.4 is 10.1 Å². The Balaban J connectivity index is 1.73. The number of benzene rings is 1. The maximum atomic E-state index is 6.00. The number of hydrogen-bond acceptors (Lipinski definition) is 3. The quantitative estimate of drug-likeness (QED) is 0.860. The van der Waals surface area contributed by atoms with Crippen LogP contribution in [0.25, 0.3) is 0 Å². The van der Waals surface area contributed by atoms with E-state index >= 15 is 0 Å². The zero-order chi connectivity index (χ0) is 14.7. The Morgan fingerprint density at radius 2 is 1.95 bits per heavy atom. The number of ether oxygens (including phenoxy) is 1. The number of rotatable bonds is 6. The van der Waals surface area contributed by atoms with Crippen molar-refractivity contribution in [3.8, 4) is 11.6 Å². The van der Waals surface area contributed by atoms with E-state index in [0.717, 1.165) is 18.0 Å². The average molecular weight is 282 g/mol. The van der Waals surface area contributed by atoms with Gasteiger partial charge in [0.1, 0.15) is 5.75 Å². The molecule has 1 aromatic carbocycles. The summed E-state index contributed by atoms with van der Waals surface area (Å²) in [5.74, 6) is 1.99. The Labute approximate surface area is 126 Å². The molecule has 3 nitrogen and oxygen atoms in total. The Kier molecular flexibility index (Phi) is 4.20. The Hall–Kier alpha value is -1.87. The van der Waals surface area contributed by atoms with Gasteiger partial charge in [-0.1, -0.05) is 38.1 Å². The van der Waals surface area contributed by atoms with Crippen LogP contribution in [0.15, 0.2) is 42.5 Å². The highest BCUT2D eigenvalue weighted by Crippen LogP contribution is 2.29. The van der Waals surface area contributed by atoms with E-state index in [1.165, 1.54) is 18.4 Å². The van der Waals surface area contributed by atoms with Gasteiger partial charge in [-0.15, -0.1) is 0 Å². The fourth-order valence-electron chi connectivity index (χ4n) is 2.31. The second kappa shape index (κ2) is 6.27. The highest BCUT2D eigenvalue weighted by Gasteiger charge is 2.20. The third-order valence-electron chi connectivity index (χ3n) is 3.69. The van der Waals surface area contributed by atoms with Crippen LogP contribution in [0.5, 0.6) is 11.6 Å². The van der Waals surface area contributed by atoms with Gasteiger partial charge in [0.25, 0.3) is 0 Å². The van der Waals surface area contributed by atoms with Gasteiger partial charge in [-0.2, -0.15) is 0 Å². The highest BCUT2D eigenvalue weighted by atomic mass is 16.5. The standard InChI is InChI=1S/C18H22N2O/c1-13(2)16-7-3-4-8-17(16)21-18-9-5-6-15(20-18)12-19-14-10-11-14/h3-9,13-14,19H,10-12H2,1-2H3. The zero-order valence-corrected chi connectivity index (χ0v) is 12.7. The average Bonchev–Trinajstić information content (AvgIpc) is 3.30. The molecule has 0 bridgehead atoms. The molecule has 0 saturated heterocycles. The topological polar surface area (TPSA) is 34.1 Å². The summed E-state index contributed by atoms with van der Waals surface area (Å²) in [6, 6.07) is 14.8. The molecule has 1 aromatic heterocycles. The Morgan fingerprint density at radius 3 is 2.71 bits per heavy atom. The molecular weight excluding hydrogens is 260 g/mol. The minimum absolute atomic E-state index is 0.431. The first kappa shape index (κ1) is 14.1. The van der Waals surface area contributed by atoms with Gasteiger partial charge < -0.3 is 10.1 Å². The zero-order valence-electron chi connectivity index (χ0n) is 12.7. The van der Waals surface area contributed by atoms with Gasteiger partial charge in [0.05, 0.1) is 5.69 Å². The lowest BCUT2D eigenvalue weighted by Crippen LogP contribution is -2.16. The first-order chi connectivity index (χ1) is 10.2. The van der Waals surface area contributed by atoms with E-state index in [2.05, 4.69) is 30.2 Å². The predicted octanol–water partition coefficient (Wildman–Crippen LogP) is 4.25. The first-order valence-electron chi connectivity index (χ1n) is 7.68. The summed E-state index contributed by atoms with van der Waals surface area (Å²) in [6.45, 7) is 5.16. The van der Waals surface area contributed by atoms with Gasteiger partial charge in [-0.05, 0) is 36.5 Å².